The predicted octanol–water partition coefficient (Wildman–Crippen LogP) is 3.13. The van der Waals surface area contributed by atoms with Crippen molar-refractivity contribution in [2.24, 2.45) is 4.99 Å². The highest BCUT2D eigenvalue weighted by atomic mass is 32.2. The van der Waals surface area contributed by atoms with Crippen LogP contribution in [0.1, 0.15) is 24.0 Å². The number of thioether (sulfide) groups is 2. The van der Waals surface area contributed by atoms with E-state index in [9.17, 15) is 27.8 Å². The zero-order valence-electron chi connectivity index (χ0n) is 23.9. The minimum absolute atomic E-state index is 0.0542. The number of alkyl halides is 3. The van der Waals surface area contributed by atoms with Crippen LogP contribution in [0.4, 0.5) is 13.2 Å². The Hall–Kier alpha value is -3.69. The lowest BCUT2D eigenvalue weighted by atomic mass is 9.88. The van der Waals surface area contributed by atoms with Crippen LogP contribution in [0, 0.1) is 10.8 Å². The lowest BCUT2D eigenvalue weighted by molar-refractivity contribution is -0.169. The van der Waals surface area contributed by atoms with Crippen molar-refractivity contribution in [3.63, 3.8) is 0 Å². The Balaban J connectivity index is 1.56. The number of amides is 1. The number of benzene rings is 2. The third-order valence-corrected chi connectivity index (χ3v) is 8.21. The molecule has 0 aliphatic heterocycles. The Morgan fingerprint density at radius 1 is 0.955 bits per heavy atom. The van der Waals surface area contributed by atoms with E-state index in [4.69, 9.17) is 10.8 Å². The van der Waals surface area contributed by atoms with Crippen molar-refractivity contribution >= 4 is 61.8 Å². The molecule has 0 aliphatic carbocycles. The van der Waals surface area contributed by atoms with Crippen molar-refractivity contribution in [2.75, 3.05) is 11.5 Å². The first-order valence-electron chi connectivity index (χ1n) is 13.6. The summed E-state index contributed by atoms with van der Waals surface area (Å²) >= 11 is 3.11. The van der Waals surface area contributed by atoms with Crippen molar-refractivity contribution in [1.29, 1.82) is 10.8 Å². The first-order chi connectivity index (χ1) is 21.0. The first kappa shape index (κ1) is 34.8. The van der Waals surface area contributed by atoms with Crippen LogP contribution >= 0.6 is 23.5 Å². The highest BCUT2D eigenvalue weighted by Crippen LogP contribution is 2.21. The average molecular weight is 645 g/mol. The number of nitrogens with one attached hydrogen (secondary N) is 4. The molecular weight excluding hydrogens is 613 g/mol. The molecule has 232 valence electrons. The monoisotopic (exact) mass is 645 g/mol. The van der Waals surface area contributed by atoms with Gasteiger partial charge in [0, 0.05) is 46.4 Å². The molecule has 0 aliphatic rings. The molecule has 5 N–H and O–H groups in total. The number of carbonyl (C=O) groups excluding carboxylic acids is 2. The summed E-state index contributed by atoms with van der Waals surface area (Å²) in [4.78, 5) is 27.5. The van der Waals surface area contributed by atoms with Crippen LogP contribution in [0.25, 0.3) is 0 Å². The van der Waals surface area contributed by atoms with E-state index in [-0.39, 0.29) is 24.7 Å². The van der Waals surface area contributed by atoms with Crippen molar-refractivity contribution in [3.05, 3.63) is 77.7 Å². The molecule has 1 aromatic heterocycles. The van der Waals surface area contributed by atoms with Gasteiger partial charge in [-0.25, -0.2) is 0 Å². The molecule has 10 nitrogen and oxygen atoms in total. The number of hydrogen-bond acceptors (Lipinski definition) is 7. The van der Waals surface area contributed by atoms with Crippen LogP contribution in [0.3, 0.4) is 0 Å². The van der Waals surface area contributed by atoms with Gasteiger partial charge >= 0.3 is 26.5 Å². The quantitative estimate of drug-likeness (QED) is 0.0426. The fraction of sp³-hybridized carbons (Fsp3) is 0.296. The second kappa shape index (κ2) is 17.0. The van der Waals surface area contributed by atoms with Gasteiger partial charge in [-0.1, -0.05) is 24.3 Å². The van der Waals surface area contributed by atoms with E-state index >= 15 is 0 Å². The summed E-state index contributed by atoms with van der Waals surface area (Å²) in [6.07, 6.45) is 0.0773. The maximum Gasteiger partial charge on any atom is 0.473 e. The van der Waals surface area contributed by atoms with Gasteiger partial charge in [-0.05, 0) is 55.4 Å². The van der Waals surface area contributed by atoms with E-state index in [0.29, 0.717) is 54.7 Å². The first-order valence-corrected chi connectivity index (χ1v) is 15.6. The van der Waals surface area contributed by atoms with E-state index in [1.54, 1.807) is 69.3 Å². The minimum atomic E-state index is -5.07. The summed E-state index contributed by atoms with van der Waals surface area (Å²) in [6, 6.07) is 14.5. The van der Waals surface area contributed by atoms with Gasteiger partial charge in [0.05, 0.1) is 0 Å². The maximum atomic E-state index is 13.0. The van der Waals surface area contributed by atoms with Gasteiger partial charge in [-0.3, -0.25) is 15.6 Å². The van der Waals surface area contributed by atoms with Crippen molar-refractivity contribution in [1.82, 2.24) is 19.6 Å². The molecule has 0 saturated carbocycles. The molecule has 3 rings (SSSR count). The molecule has 0 spiro atoms. The molecule has 17 heteroatoms. The van der Waals surface area contributed by atoms with Gasteiger partial charge in [0.25, 0.3) is 0 Å². The van der Waals surface area contributed by atoms with Crippen molar-refractivity contribution in [3.8, 4) is 0 Å². The van der Waals surface area contributed by atoms with Crippen LogP contribution in [-0.4, -0.2) is 70.1 Å². The van der Waals surface area contributed by atoms with E-state index in [2.05, 4.69) is 15.4 Å². The molecule has 2 aromatic carbocycles. The van der Waals surface area contributed by atoms with Gasteiger partial charge < -0.3 is 29.4 Å². The summed E-state index contributed by atoms with van der Waals surface area (Å²) in [7, 11) is -0.778. The summed E-state index contributed by atoms with van der Waals surface area (Å²) in [5, 5.41) is 30.5. The summed E-state index contributed by atoms with van der Waals surface area (Å²) < 4.78 is 42.2. The molecule has 0 atom stereocenters. The number of amidine groups is 2. The van der Waals surface area contributed by atoms with Gasteiger partial charge in [0.2, 0.25) is 5.62 Å². The number of halogens is 3. The van der Waals surface area contributed by atoms with E-state index in [1.165, 1.54) is 6.82 Å². The molecule has 0 bridgehead atoms. The summed E-state index contributed by atoms with van der Waals surface area (Å²) in [5.74, 6) is -0.571. The SMILES string of the molecule is CB(O)NC(=N)c1ccc(SCCCn2ccn(CCCSc3ccc(C(=N)NBC=O)cc3)/c2=N\C(=O)C(F)(F)F)cc1. The minimum Gasteiger partial charge on any atom is -0.433 e. The van der Waals surface area contributed by atoms with E-state index in [0.717, 1.165) is 9.79 Å². The Labute approximate surface area is 262 Å². The summed E-state index contributed by atoms with van der Waals surface area (Å²) in [5.41, 5.74) is 1.22. The third kappa shape index (κ3) is 11.1. The molecule has 0 unspecified atom stereocenters. The molecule has 1 heterocycles. The van der Waals surface area contributed by atoms with Gasteiger partial charge in [0.1, 0.15) is 17.9 Å². The molecule has 1 amide bonds. The second-order valence-corrected chi connectivity index (χ2v) is 11.8. The highest BCUT2D eigenvalue weighted by Gasteiger charge is 2.38. The average Bonchev–Trinajstić information content (AvgIpc) is 3.36. The van der Waals surface area contributed by atoms with E-state index in [1.807, 2.05) is 24.3 Å². The largest absolute Gasteiger partial charge is 0.473 e. The number of aromatic nitrogens is 2. The number of nitrogens with zero attached hydrogens (tertiary/aromatic N) is 3. The zero-order valence-corrected chi connectivity index (χ0v) is 25.6. The third-order valence-electron chi connectivity index (χ3n) is 6.01. The molecular formula is C27H32B2F3N7O3S2. The Morgan fingerprint density at radius 2 is 1.43 bits per heavy atom. The fourth-order valence-corrected chi connectivity index (χ4v) is 5.59. The van der Waals surface area contributed by atoms with Crippen LogP contribution in [0.5, 0.6) is 0 Å². The topological polar surface area (TPSA) is 148 Å². The van der Waals surface area contributed by atoms with Crippen molar-refractivity contribution < 1.29 is 27.8 Å². The highest BCUT2D eigenvalue weighted by molar-refractivity contribution is 7.99. The van der Waals surface area contributed by atoms with Gasteiger partial charge in [-0.2, -0.15) is 18.2 Å². The zero-order chi connectivity index (χ0) is 32.1. The molecule has 0 radical (unpaired) electrons. The number of hydrogen-bond donors (Lipinski definition) is 5. The second-order valence-electron chi connectivity index (χ2n) is 9.47. The Morgan fingerprint density at radius 3 is 1.86 bits per heavy atom. The maximum absolute atomic E-state index is 13.0. The number of imidazole rings is 1. The standard InChI is InChI=1S/C27H32B2F3N7O3S2/c1-29(42)37-24(34)20-6-10-22(11-7-20)44-17-3-13-39-15-14-38(26(39)35-25(41)27(30,31)32)12-2-16-43-21-8-4-19(5-9-21)23(33)36-28-18-40/h4-11,14-15,18,28,42H,2-3,12-13,16-17H2,1H3,(H2,33,36)(H2,34,37)/b35-26+. The van der Waals surface area contributed by atoms with Gasteiger partial charge in [0.15, 0.2) is 0 Å². The fourth-order valence-electron chi connectivity index (χ4n) is 3.91. The van der Waals surface area contributed by atoms with Crippen LogP contribution in [0.15, 0.2) is 75.7 Å². The molecule has 0 fully saturated rings. The van der Waals surface area contributed by atoms with Crippen LogP contribution in [-0.2, 0) is 22.7 Å². The van der Waals surface area contributed by atoms with Crippen LogP contribution < -0.4 is 16.1 Å². The Kier molecular flexibility index (Phi) is 13.4. The summed E-state index contributed by atoms with van der Waals surface area (Å²) in [6.45, 7) is 2.25. The van der Waals surface area contributed by atoms with Crippen LogP contribution in [0.2, 0.25) is 6.82 Å². The number of carbonyl (C=O) groups is 2. The smallest absolute Gasteiger partial charge is 0.433 e. The Bertz CT molecular complexity index is 1500. The lowest BCUT2D eigenvalue weighted by Gasteiger charge is -2.09. The lowest BCUT2D eigenvalue weighted by Crippen LogP contribution is -2.36. The molecule has 44 heavy (non-hydrogen) atoms. The normalized spacial score (nSPS) is 11.6. The van der Waals surface area contributed by atoms with Gasteiger partial charge in [-0.15, -0.1) is 23.5 Å². The van der Waals surface area contributed by atoms with Crippen molar-refractivity contribution in [2.45, 2.75) is 48.7 Å². The number of rotatable bonds is 15. The molecule has 3 aromatic rings. The predicted molar refractivity (Wildman–Crippen MR) is 170 cm³/mol. The number of aryl methyl sites for hydroxylation is 2. The molecule has 0 saturated heterocycles. The van der Waals surface area contributed by atoms with E-state index < -0.39 is 19.1 Å².